The number of nitrogens with two attached hydrogens (primary N) is 1. The van der Waals surface area contributed by atoms with Gasteiger partial charge in [0.1, 0.15) is 18.1 Å². The molecule has 0 aliphatic carbocycles. The quantitative estimate of drug-likeness (QED) is 0.0265. The predicted molar refractivity (Wildman–Crippen MR) is 309 cm³/mol. The maximum atomic E-state index is 14.4. The van der Waals surface area contributed by atoms with Crippen LogP contribution in [0.4, 0.5) is 0 Å². The SMILES string of the molecule is CN[C@H](C(=O)N[C@H](C(=O)N(C)[C@H](/C=C(\C)C(=O)NS(=O)(=O)Cc1ccc(CNC(=O)C(CCCCN)NC(=O)[C@H](Cc2ccccc2)NC(=O)CCCCCN2C(=O)C=CC2=O)cc1)C(C)C)C(C)(C)C)C(C)(C)c1ccccc1. The second kappa shape index (κ2) is 30.5. The molecule has 0 saturated carbocycles. The zero-order valence-electron chi connectivity index (χ0n) is 48.2. The average Bonchev–Trinajstić information content (AvgIpc) is 3.79. The summed E-state index contributed by atoms with van der Waals surface area (Å²) in [5.41, 5.74) is 7.19. The van der Waals surface area contributed by atoms with E-state index in [1.165, 1.54) is 24.0 Å². The van der Waals surface area contributed by atoms with Crippen molar-refractivity contribution < 1.29 is 46.8 Å². The molecule has 19 nitrogen and oxygen atoms in total. The summed E-state index contributed by atoms with van der Waals surface area (Å²) in [4.78, 5) is 109. The summed E-state index contributed by atoms with van der Waals surface area (Å²) in [6, 6.07) is 20.9. The van der Waals surface area contributed by atoms with E-state index in [1.54, 1.807) is 44.4 Å². The highest BCUT2D eigenvalue weighted by molar-refractivity contribution is 7.89. The number of hydrogen-bond donors (Lipinski definition) is 7. The third-order valence-electron chi connectivity index (χ3n) is 14.2. The second-order valence-corrected chi connectivity index (χ2v) is 24.2. The summed E-state index contributed by atoms with van der Waals surface area (Å²) in [5, 5.41) is 14.7. The first kappa shape index (κ1) is 65.5. The third kappa shape index (κ3) is 20.0. The average molecular weight is 1120 g/mol. The van der Waals surface area contributed by atoms with Gasteiger partial charge in [0, 0.05) is 56.1 Å². The minimum absolute atomic E-state index is 0.0381. The van der Waals surface area contributed by atoms with Gasteiger partial charge in [0.15, 0.2) is 0 Å². The molecular weight excluding hydrogens is 1040 g/mol. The molecule has 0 radical (unpaired) electrons. The van der Waals surface area contributed by atoms with E-state index in [0.29, 0.717) is 49.8 Å². The van der Waals surface area contributed by atoms with Crippen LogP contribution in [0.15, 0.2) is 109 Å². The van der Waals surface area contributed by atoms with Crippen molar-refractivity contribution >= 4 is 57.3 Å². The van der Waals surface area contributed by atoms with E-state index in [4.69, 9.17) is 5.73 Å². The van der Waals surface area contributed by atoms with Gasteiger partial charge in [0.25, 0.3) is 17.7 Å². The first-order valence-corrected chi connectivity index (χ1v) is 29.1. The van der Waals surface area contributed by atoms with E-state index in [2.05, 4.69) is 31.3 Å². The Labute approximate surface area is 473 Å². The Hall–Kier alpha value is -7.03. The molecular formula is C60H85N9O10S. The second-order valence-electron chi connectivity index (χ2n) is 22.5. The Morgan fingerprint density at radius 1 is 0.700 bits per heavy atom. The standard InChI is InChI=1S/C60H85N9O10S/c1-40(2)48(68(10)58(77)53(59(4,5)6)66-57(76)52(62-9)60(7,8)45-24-16-12-17-25-45)36-41(3)54(73)67-80(78,79)39-44-30-28-43(29-31-44)38-63-55(74)46(26-19-20-34-61)65-56(75)47(37-42-22-14-11-15-23-42)64-49(70)27-18-13-21-35-69-50(71)32-33-51(69)72/h11-12,14-17,22-25,28-33,36,40,46-48,52-53,62H,13,18-21,26-27,34-35,37-39,61H2,1-10H3,(H,63,74)(H,64,70)(H,65,75)(H,66,76)(H,67,73)/b41-36+/t46?,47-,48+,52+,53+/m0/s1. The third-order valence-corrected chi connectivity index (χ3v) is 15.5. The largest absolute Gasteiger partial charge is 0.350 e. The first-order valence-electron chi connectivity index (χ1n) is 27.4. The van der Waals surface area contributed by atoms with Crippen molar-refractivity contribution in [2.24, 2.45) is 17.1 Å². The summed E-state index contributed by atoms with van der Waals surface area (Å²) >= 11 is 0. The van der Waals surface area contributed by atoms with Gasteiger partial charge in [-0.2, -0.15) is 0 Å². The number of carbonyl (C=O) groups is 8. The van der Waals surface area contributed by atoms with Gasteiger partial charge in [-0.15, -0.1) is 0 Å². The van der Waals surface area contributed by atoms with Crippen LogP contribution in [-0.4, -0.2) is 123 Å². The van der Waals surface area contributed by atoms with E-state index < -0.39 is 74.5 Å². The number of nitrogens with one attached hydrogen (secondary N) is 6. The molecule has 1 heterocycles. The van der Waals surface area contributed by atoms with E-state index in [9.17, 15) is 46.8 Å². The number of nitrogens with zero attached hydrogens (tertiary/aromatic N) is 2. The van der Waals surface area contributed by atoms with Gasteiger partial charge in [0.2, 0.25) is 39.6 Å². The highest BCUT2D eigenvalue weighted by Gasteiger charge is 2.42. The van der Waals surface area contributed by atoms with Crippen molar-refractivity contribution in [3.05, 3.63) is 131 Å². The Balaban J connectivity index is 1.36. The molecule has 5 atom stereocenters. The zero-order chi connectivity index (χ0) is 59.4. The van der Waals surface area contributed by atoms with E-state index in [-0.39, 0.29) is 73.4 Å². The lowest BCUT2D eigenvalue weighted by molar-refractivity contribution is -0.141. The number of likely N-dealkylation sites (N-methyl/N-ethyl adjacent to an activating group) is 2. The van der Waals surface area contributed by atoms with Crippen molar-refractivity contribution in [3.8, 4) is 0 Å². The van der Waals surface area contributed by atoms with E-state index in [0.717, 1.165) is 16.0 Å². The molecule has 3 aromatic rings. The summed E-state index contributed by atoms with van der Waals surface area (Å²) in [5.74, 6) is -4.46. The molecule has 0 fully saturated rings. The van der Waals surface area contributed by atoms with Gasteiger partial charge in [-0.1, -0.05) is 146 Å². The molecule has 1 aliphatic rings. The summed E-state index contributed by atoms with van der Waals surface area (Å²) < 4.78 is 29.0. The number of imide groups is 1. The van der Waals surface area contributed by atoms with Crippen LogP contribution in [0.5, 0.6) is 0 Å². The molecule has 20 heteroatoms. The molecule has 3 aromatic carbocycles. The zero-order valence-corrected chi connectivity index (χ0v) is 49.0. The van der Waals surface area contributed by atoms with E-state index in [1.807, 2.05) is 109 Å². The number of benzene rings is 3. The Morgan fingerprint density at radius 3 is 1.88 bits per heavy atom. The van der Waals surface area contributed by atoms with Crippen molar-refractivity contribution in [2.45, 2.75) is 155 Å². The first-order chi connectivity index (χ1) is 37.7. The van der Waals surface area contributed by atoms with Gasteiger partial charge in [-0.25, -0.2) is 13.1 Å². The number of amides is 8. The Bertz CT molecular complexity index is 2760. The molecule has 0 saturated heterocycles. The maximum absolute atomic E-state index is 14.4. The fourth-order valence-corrected chi connectivity index (χ4v) is 10.6. The van der Waals surface area contributed by atoms with Gasteiger partial charge in [-0.05, 0) is 86.2 Å². The number of carbonyl (C=O) groups excluding carboxylic acids is 8. The fraction of sp³-hybridized carbons (Fsp3) is 0.500. The summed E-state index contributed by atoms with van der Waals surface area (Å²) in [6.45, 7) is 15.4. The topological polar surface area (TPSA) is 275 Å². The highest BCUT2D eigenvalue weighted by Crippen LogP contribution is 2.29. The smallest absolute Gasteiger partial charge is 0.260 e. The molecule has 4 rings (SSSR count). The molecule has 8 amide bonds. The fourth-order valence-electron chi connectivity index (χ4n) is 9.45. The Morgan fingerprint density at radius 2 is 1.30 bits per heavy atom. The number of hydrogen-bond acceptors (Lipinski definition) is 12. The van der Waals surface area contributed by atoms with Gasteiger partial charge in [-0.3, -0.25) is 43.3 Å². The molecule has 1 aliphatic heterocycles. The molecule has 0 spiro atoms. The van der Waals surface area contributed by atoms with Gasteiger partial charge >= 0.3 is 0 Å². The maximum Gasteiger partial charge on any atom is 0.260 e. The number of rotatable bonds is 31. The van der Waals surface area contributed by atoms with Crippen molar-refractivity contribution in [3.63, 3.8) is 0 Å². The number of sulfonamides is 1. The normalized spacial score (nSPS) is 14.9. The van der Waals surface area contributed by atoms with Crippen molar-refractivity contribution in [1.82, 2.24) is 41.1 Å². The minimum atomic E-state index is -4.23. The molecule has 0 bridgehead atoms. The lowest BCUT2D eigenvalue weighted by atomic mass is 9.76. The van der Waals surface area contributed by atoms with Gasteiger partial charge < -0.3 is 37.2 Å². The van der Waals surface area contributed by atoms with Crippen molar-refractivity contribution in [2.75, 3.05) is 27.2 Å². The van der Waals surface area contributed by atoms with Crippen LogP contribution in [0.3, 0.4) is 0 Å². The van der Waals surface area contributed by atoms with Crippen LogP contribution in [0.1, 0.15) is 123 Å². The predicted octanol–water partition coefficient (Wildman–Crippen LogP) is 4.60. The molecule has 1 unspecified atom stereocenters. The van der Waals surface area contributed by atoms with Crippen LogP contribution >= 0.6 is 0 Å². The Kier molecular flexibility index (Phi) is 25.0. The van der Waals surface area contributed by atoms with Crippen LogP contribution in [0.2, 0.25) is 0 Å². The lowest BCUT2D eigenvalue weighted by Gasteiger charge is -2.40. The molecule has 0 aromatic heterocycles. The van der Waals surface area contributed by atoms with Crippen LogP contribution in [-0.2, 0) is 72.5 Å². The summed E-state index contributed by atoms with van der Waals surface area (Å²) in [6.07, 6.45) is 7.24. The number of unbranched alkanes of at least 4 members (excludes halogenated alkanes) is 3. The van der Waals surface area contributed by atoms with Crippen molar-refractivity contribution in [1.29, 1.82) is 0 Å². The van der Waals surface area contributed by atoms with Crippen LogP contribution < -0.4 is 37.0 Å². The summed E-state index contributed by atoms with van der Waals surface area (Å²) in [7, 11) is -0.925. The molecule has 80 heavy (non-hydrogen) atoms. The molecule has 8 N–H and O–H groups in total. The molecule has 436 valence electrons. The van der Waals surface area contributed by atoms with Gasteiger partial charge in [0.05, 0.1) is 17.8 Å². The van der Waals surface area contributed by atoms with Crippen LogP contribution in [0.25, 0.3) is 0 Å². The highest BCUT2D eigenvalue weighted by atomic mass is 32.2. The van der Waals surface area contributed by atoms with Crippen LogP contribution in [0, 0.1) is 11.3 Å². The minimum Gasteiger partial charge on any atom is -0.350 e. The monoisotopic (exact) mass is 1120 g/mol. The lowest BCUT2D eigenvalue weighted by Crippen LogP contribution is -2.61. The van der Waals surface area contributed by atoms with E-state index >= 15 is 0 Å².